The van der Waals surface area contributed by atoms with Crippen LogP contribution in [0.3, 0.4) is 0 Å². The highest BCUT2D eigenvalue weighted by Gasteiger charge is 2.85. The summed E-state index contributed by atoms with van der Waals surface area (Å²) in [6.07, 6.45) is -3.41. The Morgan fingerprint density at radius 1 is 0.844 bits per heavy atom. The molecule has 1 N–H and O–H groups in total. The largest absolute Gasteiger partial charge is 0.462 e. The topological polar surface area (TPSA) is 157 Å². The van der Waals surface area contributed by atoms with Crippen molar-refractivity contribution in [3.63, 3.8) is 0 Å². The molecule has 45 heavy (non-hydrogen) atoms. The minimum Gasteiger partial charge on any atom is -0.462 e. The van der Waals surface area contributed by atoms with E-state index >= 15 is 0 Å². The first-order valence-corrected chi connectivity index (χ1v) is 14.9. The van der Waals surface area contributed by atoms with Crippen molar-refractivity contribution in [3.8, 4) is 0 Å². The van der Waals surface area contributed by atoms with Gasteiger partial charge in [-0.15, -0.1) is 0 Å². The molecule has 2 aromatic rings. The van der Waals surface area contributed by atoms with Gasteiger partial charge in [0.1, 0.15) is 23.9 Å². The van der Waals surface area contributed by atoms with Gasteiger partial charge in [0.05, 0.1) is 33.7 Å². The predicted octanol–water partition coefficient (Wildman–Crippen LogP) is 2.73. The molecule has 5 rings (SSSR count). The van der Waals surface area contributed by atoms with Crippen LogP contribution in [-0.2, 0) is 40.3 Å². The van der Waals surface area contributed by atoms with Gasteiger partial charge in [-0.2, -0.15) is 0 Å². The number of hydrogen-bond acceptors (Lipinski definition) is 11. The summed E-state index contributed by atoms with van der Waals surface area (Å²) in [5.74, 6) is -3.86. The SMILES string of the molecule is CC(=O)OC1C2C(OC(=O)c3ccc(=O)n(C)c3)C3(OC2(C)C)C(C)(O)CCC(OC(C)=O)C3(C)C1OC(=O)c1ccccc1. The van der Waals surface area contributed by atoms with Crippen molar-refractivity contribution < 1.29 is 48.0 Å². The van der Waals surface area contributed by atoms with Gasteiger partial charge in [-0.25, -0.2) is 9.59 Å². The van der Waals surface area contributed by atoms with E-state index < -0.39 is 76.4 Å². The molecule has 1 aromatic carbocycles. The molecular weight excluding hydrogens is 586 g/mol. The fourth-order valence-corrected chi connectivity index (χ4v) is 7.91. The molecule has 12 nitrogen and oxygen atoms in total. The van der Waals surface area contributed by atoms with Gasteiger partial charge in [0, 0.05) is 33.2 Å². The fourth-order valence-electron chi connectivity index (χ4n) is 7.91. The highest BCUT2D eigenvalue weighted by atomic mass is 16.6. The lowest BCUT2D eigenvalue weighted by atomic mass is 9.47. The van der Waals surface area contributed by atoms with Crippen LogP contribution in [0.25, 0.3) is 0 Å². The molecule has 0 radical (unpaired) electrons. The Labute approximate surface area is 260 Å². The Balaban J connectivity index is 1.75. The molecule has 1 saturated heterocycles. The number of carbonyl (C=O) groups is 4. The van der Waals surface area contributed by atoms with Crippen molar-refractivity contribution >= 4 is 23.9 Å². The summed E-state index contributed by atoms with van der Waals surface area (Å²) in [6, 6.07) is 10.8. The summed E-state index contributed by atoms with van der Waals surface area (Å²) in [6.45, 7) is 9.04. The van der Waals surface area contributed by atoms with Gasteiger partial charge in [0.15, 0.2) is 6.10 Å². The molecule has 2 saturated carbocycles. The normalized spacial score (nSPS) is 34.6. The van der Waals surface area contributed by atoms with Gasteiger partial charge in [0.25, 0.3) is 0 Å². The number of rotatable bonds is 6. The summed E-state index contributed by atoms with van der Waals surface area (Å²) < 4.78 is 32.4. The van der Waals surface area contributed by atoms with E-state index in [-0.39, 0.29) is 29.5 Å². The van der Waals surface area contributed by atoms with Crippen molar-refractivity contribution in [3.05, 3.63) is 70.1 Å². The zero-order valence-electron chi connectivity index (χ0n) is 26.4. The van der Waals surface area contributed by atoms with Gasteiger partial charge in [-0.05, 0) is 58.7 Å². The molecule has 8 atom stereocenters. The fraction of sp³-hybridized carbons (Fsp3) is 0.545. The molecule has 2 aliphatic carbocycles. The molecule has 1 aliphatic heterocycles. The van der Waals surface area contributed by atoms with E-state index in [1.165, 1.54) is 43.8 Å². The van der Waals surface area contributed by atoms with Crippen molar-refractivity contribution in [2.75, 3.05) is 0 Å². The zero-order chi connectivity index (χ0) is 33.1. The van der Waals surface area contributed by atoms with Gasteiger partial charge in [0.2, 0.25) is 5.56 Å². The number of fused-ring (bicyclic) bond motifs is 1. The number of benzene rings is 1. The number of aliphatic hydroxyl groups is 1. The Kier molecular flexibility index (Phi) is 7.98. The van der Waals surface area contributed by atoms with E-state index in [1.807, 2.05) is 0 Å². The highest BCUT2D eigenvalue weighted by Crippen LogP contribution is 2.69. The van der Waals surface area contributed by atoms with E-state index in [1.54, 1.807) is 58.0 Å². The lowest BCUT2D eigenvalue weighted by Crippen LogP contribution is -2.81. The predicted molar refractivity (Wildman–Crippen MR) is 157 cm³/mol. The molecule has 12 heteroatoms. The number of nitrogens with zero attached hydrogens (tertiary/aromatic N) is 1. The smallest absolute Gasteiger partial charge is 0.340 e. The molecular formula is C33H39NO11. The van der Waals surface area contributed by atoms with Crippen LogP contribution in [0.2, 0.25) is 0 Å². The first-order valence-electron chi connectivity index (χ1n) is 14.9. The number of esters is 4. The van der Waals surface area contributed by atoms with Crippen LogP contribution in [-0.4, -0.2) is 74.8 Å². The molecule has 3 aliphatic rings. The van der Waals surface area contributed by atoms with E-state index in [9.17, 15) is 29.1 Å². The number of carbonyl (C=O) groups excluding carboxylic acids is 4. The van der Waals surface area contributed by atoms with E-state index in [4.69, 9.17) is 23.7 Å². The third kappa shape index (κ3) is 5.04. The standard InChI is InChI=1S/C33H39NO11/c1-18(35)41-22-15-16-31(5,40)33-26(43-29(39)21-13-14-23(37)34(7)17-21)24(30(3,4)45-33)25(42-19(2)36)27(32(22,33)6)44-28(38)20-11-9-8-10-12-20/h8-14,17,22,24-27,40H,15-16H2,1-7H3. The minimum absolute atomic E-state index is 0.0565. The summed E-state index contributed by atoms with van der Waals surface area (Å²) in [7, 11) is 1.49. The Morgan fingerprint density at radius 2 is 1.44 bits per heavy atom. The lowest BCUT2D eigenvalue weighted by molar-refractivity contribution is -0.335. The number of hydrogen-bond donors (Lipinski definition) is 1. The maximum Gasteiger partial charge on any atom is 0.340 e. The lowest BCUT2D eigenvalue weighted by Gasteiger charge is -2.65. The summed E-state index contributed by atoms with van der Waals surface area (Å²) >= 11 is 0. The second kappa shape index (κ2) is 11.1. The maximum atomic E-state index is 13.8. The number of ether oxygens (including phenoxy) is 5. The number of aromatic nitrogens is 1. The van der Waals surface area contributed by atoms with Crippen molar-refractivity contribution in [1.29, 1.82) is 0 Å². The zero-order valence-corrected chi connectivity index (χ0v) is 26.4. The van der Waals surface area contributed by atoms with E-state index in [2.05, 4.69) is 0 Å². The van der Waals surface area contributed by atoms with E-state index in [0.29, 0.717) is 0 Å². The Bertz CT molecular complexity index is 1580. The molecule has 1 aromatic heterocycles. The molecule has 8 unspecified atom stereocenters. The van der Waals surface area contributed by atoms with Gasteiger partial charge < -0.3 is 33.4 Å². The van der Waals surface area contributed by atoms with Crippen LogP contribution >= 0.6 is 0 Å². The average Bonchev–Trinajstić information content (AvgIpc) is 3.17. The number of pyridine rings is 1. The Hall–Kier alpha value is -4.03. The summed E-state index contributed by atoms with van der Waals surface area (Å²) in [5, 5.41) is 12.3. The second-order valence-corrected chi connectivity index (χ2v) is 13.1. The van der Waals surface area contributed by atoms with Crippen LogP contribution in [0.5, 0.6) is 0 Å². The van der Waals surface area contributed by atoms with Crippen LogP contribution in [0, 0.1) is 11.3 Å². The van der Waals surface area contributed by atoms with Crippen LogP contribution in [0.1, 0.15) is 75.1 Å². The highest BCUT2D eigenvalue weighted by molar-refractivity contribution is 5.90. The first-order chi connectivity index (χ1) is 21.0. The van der Waals surface area contributed by atoms with E-state index in [0.717, 1.165) is 0 Å². The van der Waals surface area contributed by atoms with Crippen LogP contribution in [0.15, 0.2) is 53.5 Å². The van der Waals surface area contributed by atoms with Crippen molar-refractivity contribution in [2.24, 2.45) is 18.4 Å². The molecule has 2 heterocycles. The third-order valence-electron chi connectivity index (χ3n) is 9.77. The summed E-state index contributed by atoms with van der Waals surface area (Å²) in [5.41, 5.74) is -6.52. The summed E-state index contributed by atoms with van der Waals surface area (Å²) in [4.78, 5) is 64.6. The third-order valence-corrected chi connectivity index (χ3v) is 9.77. The first kappa shape index (κ1) is 32.4. The quantitative estimate of drug-likeness (QED) is 0.372. The van der Waals surface area contributed by atoms with Crippen LogP contribution in [0.4, 0.5) is 0 Å². The van der Waals surface area contributed by atoms with Crippen molar-refractivity contribution in [2.45, 2.75) is 95.6 Å². The molecule has 3 fully saturated rings. The monoisotopic (exact) mass is 625 g/mol. The minimum atomic E-state index is -1.85. The number of aryl methyl sites for hydroxylation is 1. The van der Waals surface area contributed by atoms with Gasteiger partial charge in [-0.1, -0.05) is 18.2 Å². The molecule has 242 valence electrons. The molecule has 1 spiro atoms. The second-order valence-electron chi connectivity index (χ2n) is 13.1. The molecule has 0 amide bonds. The van der Waals surface area contributed by atoms with Gasteiger partial charge >= 0.3 is 23.9 Å². The average molecular weight is 626 g/mol. The van der Waals surface area contributed by atoms with Crippen LogP contribution < -0.4 is 5.56 Å². The van der Waals surface area contributed by atoms with Crippen molar-refractivity contribution in [1.82, 2.24) is 4.57 Å². The maximum absolute atomic E-state index is 13.8. The van der Waals surface area contributed by atoms with Gasteiger partial charge in [-0.3, -0.25) is 14.4 Å². The Morgan fingerprint density at radius 3 is 2.04 bits per heavy atom. The molecule has 2 bridgehead atoms.